The monoisotopic (exact) mass is 1050 g/mol. The van der Waals surface area contributed by atoms with Crippen molar-refractivity contribution in [1.29, 1.82) is 0 Å². The Morgan fingerprint density at radius 1 is 0.370 bits per heavy atom. The van der Waals surface area contributed by atoms with Gasteiger partial charge in [0.15, 0.2) is 21.3 Å². The minimum atomic E-state index is -5.48. The van der Waals surface area contributed by atoms with Gasteiger partial charge in [-0.15, -0.1) is 0 Å². The third kappa shape index (κ3) is 18.4. The molecule has 21 heteroatoms. The van der Waals surface area contributed by atoms with Gasteiger partial charge in [0.05, 0.1) is 85.6 Å². The zero-order chi connectivity index (χ0) is 54.5. The van der Waals surface area contributed by atoms with Crippen molar-refractivity contribution < 1.29 is 84.7 Å². The molecule has 0 saturated carbocycles. The number of unbranched alkanes of at least 4 members (excludes halogenated alkanes) is 8. The fourth-order valence-electron chi connectivity index (χ4n) is 6.76. The molecule has 1 aromatic carbocycles. The van der Waals surface area contributed by atoms with Crippen LogP contribution in [0.2, 0.25) is 0 Å². The topological polar surface area (TPSA) is 283 Å². The highest BCUT2D eigenvalue weighted by atomic mass is 32.2. The lowest BCUT2D eigenvalue weighted by atomic mass is 9.83. The van der Waals surface area contributed by atoms with E-state index in [-0.39, 0.29) is 58.5 Å². The minimum Gasteiger partial charge on any atom is -0.465 e. The van der Waals surface area contributed by atoms with Gasteiger partial charge in [0.2, 0.25) is 0 Å². The number of nitrogens with two attached hydrogens (primary N) is 1. The van der Waals surface area contributed by atoms with Gasteiger partial charge in [0.1, 0.15) is 11.4 Å². The summed E-state index contributed by atoms with van der Waals surface area (Å²) in [6.07, 6.45) is 5.90. The predicted molar refractivity (Wildman–Crippen MR) is 268 cm³/mol. The van der Waals surface area contributed by atoms with Gasteiger partial charge >= 0.3 is 47.8 Å². The summed E-state index contributed by atoms with van der Waals surface area (Å²) in [6, 6.07) is 0. The highest BCUT2D eigenvalue weighted by molar-refractivity contribution is 7.92. The number of hydrogen-bond donors (Lipinski definition) is 1. The van der Waals surface area contributed by atoms with Crippen LogP contribution in [0.5, 0.6) is 0 Å². The molecule has 0 amide bonds. The SMILES string of the molecule is CCCCOC(=O)CS(=O)(=O)c1c(C(=O)OCCCC)c(C(=O)OCCCC)c(-c2c(C(=O)OCCCC)nc(N)c(C(=O)OCCCC)c2C(=O)OCCCC)c(C(=O)OCCCC)c1C(=O)OCCCC. The molecule has 0 radical (unpaired) electrons. The van der Waals surface area contributed by atoms with Gasteiger partial charge < -0.3 is 43.6 Å². The molecule has 0 unspecified atom stereocenters. The third-order valence-corrected chi connectivity index (χ3v) is 12.5. The van der Waals surface area contributed by atoms with Crippen LogP contribution in [0.25, 0.3) is 11.1 Å². The highest BCUT2D eigenvalue weighted by Gasteiger charge is 2.46. The summed E-state index contributed by atoms with van der Waals surface area (Å²) >= 11 is 0. The summed E-state index contributed by atoms with van der Waals surface area (Å²) in [7, 11) is -5.48. The number of hydrogen-bond acceptors (Lipinski definition) is 20. The first-order chi connectivity index (χ1) is 35.0. The maximum atomic E-state index is 15.3. The summed E-state index contributed by atoms with van der Waals surface area (Å²) in [5.41, 5.74) is -3.13. The van der Waals surface area contributed by atoms with Crippen LogP contribution in [0, 0.1) is 0 Å². The first-order valence-corrected chi connectivity index (χ1v) is 27.3. The first kappa shape index (κ1) is 63.0. The van der Waals surface area contributed by atoms with Crippen molar-refractivity contribution in [3.05, 3.63) is 39.1 Å². The second-order valence-electron chi connectivity index (χ2n) is 16.9. The molecule has 0 aliphatic rings. The number of benzene rings is 1. The Hall–Kier alpha value is -6.12. The Morgan fingerprint density at radius 3 is 0.945 bits per heavy atom. The van der Waals surface area contributed by atoms with Gasteiger partial charge in [-0.2, -0.15) is 0 Å². The van der Waals surface area contributed by atoms with Crippen LogP contribution in [-0.4, -0.2) is 120 Å². The third-order valence-electron chi connectivity index (χ3n) is 10.8. The normalized spacial score (nSPS) is 11.1. The number of esters is 8. The van der Waals surface area contributed by atoms with Gasteiger partial charge in [-0.25, -0.2) is 47.0 Å². The van der Waals surface area contributed by atoms with Crippen molar-refractivity contribution in [3.63, 3.8) is 0 Å². The van der Waals surface area contributed by atoms with E-state index in [1.54, 1.807) is 48.5 Å². The molecule has 2 aromatic rings. The number of pyridine rings is 1. The van der Waals surface area contributed by atoms with Crippen molar-refractivity contribution in [2.75, 3.05) is 64.3 Å². The van der Waals surface area contributed by atoms with E-state index < -0.39 is 151 Å². The number of ether oxygens (including phenoxy) is 8. The van der Waals surface area contributed by atoms with Crippen LogP contribution in [-0.2, 0) is 52.5 Å². The molecule has 0 spiro atoms. The molecule has 0 aliphatic heterocycles. The van der Waals surface area contributed by atoms with Crippen molar-refractivity contribution in [1.82, 2.24) is 4.98 Å². The average molecular weight is 1050 g/mol. The van der Waals surface area contributed by atoms with Crippen LogP contribution >= 0.6 is 0 Å². The molecule has 2 rings (SSSR count). The van der Waals surface area contributed by atoms with Gasteiger partial charge in [-0.05, 0) is 51.4 Å². The van der Waals surface area contributed by atoms with E-state index in [2.05, 4.69) is 4.98 Å². The molecular weight excluding hydrogens is 973 g/mol. The Balaban J connectivity index is 3.95. The molecule has 0 atom stereocenters. The second kappa shape index (κ2) is 33.6. The molecule has 2 N–H and O–H groups in total. The number of nitrogens with zero attached hydrogens (tertiary/aromatic N) is 1. The molecule has 408 valence electrons. The van der Waals surface area contributed by atoms with E-state index in [1.807, 2.05) is 6.92 Å². The number of nitrogen functional groups attached to an aromatic ring is 1. The lowest BCUT2D eigenvalue weighted by Crippen LogP contribution is -2.31. The quantitative estimate of drug-likeness (QED) is 0.0382. The minimum absolute atomic E-state index is 0.195. The number of carbonyl (C=O) groups excluding carboxylic acids is 8. The van der Waals surface area contributed by atoms with Crippen LogP contribution < -0.4 is 5.73 Å². The maximum absolute atomic E-state index is 15.3. The number of carbonyl (C=O) groups is 8. The van der Waals surface area contributed by atoms with E-state index in [4.69, 9.17) is 43.6 Å². The molecule has 73 heavy (non-hydrogen) atoms. The van der Waals surface area contributed by atoms with Crippen molar-refractivity contribution in [2.24, 2.45) is 0 Å². The molecule has 0 saturated heterocycles. The van der Waals surface area contributed by atoms with Gasteiger partial charge in [-0.1, -0.05) is 107 Å². The fourth-order valence-corrected chi connectivity index (χ4v) is 8.29. The Bertz CT molecular complexity index is 2260. The lowest BCUT2D eigenvalue weighted by Gasteiger charge is -2.26. The number of aromatic nitrogens is 1. The van der Waals surface area contributed by atoms with Crippen LogP contribution in [0.4, 0.5) is 5.82 Å². The largest absolute Gasteiger partial charge is 0.465 e. The van der Waals surface area contributed by atoms with E-state index in [9.17, 15) is 19.2 Å². The van der Waals surface area contributed by atoms with E-state index in [0.29, 0.717) is 70.6 Å². The second-order valence-corrected chi connectivity index (χ2v) is 18.9. The lowest BCUT2D eigenvalue weighted by molar-refractivity contribution is -0.140. The van der Waals surface area contributed by atoms with Crippen molar-refractivity contribution in [3.8, 4) is 11.1 Å². The first-order valence-electron chi connectivity index (χ1n) is 25.6. The zero-order valence-corrected chi connectivity index (χ0v) is 44.8. The summed E-state index contributed by atoms with van der Waals surface area (Å²) in [4.78, 5) is 121. The predicted octanol–water partition coefficient (Wildman–Crippen LogP) is 9.15. The summed E-state index contributed by atoms with van der Waals surface area (Å²) < 4.78 is 75.2. The number of rotatable bonds is 35. The highest BCUT2D eigenvalue weighted by Crippen LogP contribution is 2.45. The molecule has 0 aliphatic carbocycles. The number of anilines is 1. The zero-order valence-electron chi connectivity index (χ0n) is 44.0. The molecule has 0 fully saturated rings. The average Bonchev–Trinajstić information content (AvgIpc) is 3.35. The van der Waals surface area contributed by atoms with Crippen LogP contribution in [0.1, 0.15) is 231 Å². The molecule has 0 bridgehead atoms. The van der Waals surface area contributed by atoms with Crippen LogP contribution in [0.3, 0.4) is 0 Å². The van der Waals surface area contributed by atoms with Crippen LogP contribution in [0.15, 0.2) is 4.90 Å². The van der Waals surface area contributed by atoms with Gasteiger partial charge in [0, 0.05) is 11.1 Å². The summed E-state index contributed by atoms with van der Waals surface area (Å²) in [5, 5.41) is 0. The van der Waals surface area contributed by atoms with E-state index >= 15 is 27.6 Å². The van der Waals surface area contributed by atoms with E-state index in [1.165, 1.54) is 0 Å². The summed E-state index contributed by atoms with van der Waals surface area (Å²) in [6.45, 7) is 11.7. The van der Waals surface area contributed by atoms with E-state index in [0.717, 1.165) is 0 Å². The Morgan fingerprint density at radius 2 is 0.630 bits per heavy atom. The maximum Gasteiger partial charge on any atom is 0.357 e. The van der Waals surface area contributed by atoms with Gasteiger partial charge in [0.25, 0.3) is 0 Å². The number of sulfone groups is 1. The van der Waals surface area contributed by atoms with Crippen molar-refractivity contribution in [2.45, 2.75) is 163 Å². The fraction of sp³-hybridized carbons (Fsp3) is 0.635. The molecule has 1 heterocycles. The summed E-state index contributed by atoms with van der Waals surface area (Å²) in [5.74, 6) is -14.0. The Kier molecular flexibility index (Phi) is 29.0. The smallest absolute Gasteiger partial charge is 0.357 e. The van der Waals surface area contributed by atoms with Crippen molar-refractivity contribution >= 4 is 63.4 Å². The molecule has 1 aromatic heterocycles. The van der Waals surface area contributed by atoms with Gasteiger partial charge in [-0.3, -0.25) is 4.79 Å². The molecule has 20 nitrogen and oxygen atoms in total. The standard InChI is InChI=1S/C52H76N2O18S/c1-9-17-25-65-34(55)33-73(63,64)44-40(49(59)69-29-21-13-5)37(46(56)66-26-18-10-2)35(38(47(57)67-27-19-11-3)41(44)50(60)70-30-22-14-6)36-39(48(58)68-28-20-12-4)42(51(61)71-31-23-15-7)45(53)54-43(36)52(62)72-32-24-16-8/h9-33H2,1-8H3,(H2,53,54). The molecular formula is C52H76N2O18S. The Labute approximate surface area is 429 Å².